The van der Waals surface area contributed by atoms with Crippen LogP contribution in [0.1, 0.15) is 49.4 Å². The molecule has 0 bridgehead atoms. The second-order valence-corrected chi connectivity index (χ2v) is 10.1. The predicted molar refractivity (Wildman–Crippen MR) is 148 cm³/mol. The average molecular weight is 518 g/mol. The summed E-state index contributed by atoms with van der Waals surface area (Å²) in [4.78, 5) is 34.9. The Hall–Kier alpha value is -3.72. The molecule has 38 heavy (non-hydrogen) atoms. The lowest BCUT2D eigenvalue weighted by Crippen LogP contribution is -2.43. The highest BCUT2D eigenvalue weighted by Gasteiger charge is 2.23. The van der Waals surface area contributed by atoms with Gasteiger partial charge in [-0.3, -0.25) is 9.59 Å². The van der Waals surface area contributed by atoms with Crippen molar-refractivity contribution in [2.75, 3.05) is 51.9 Å². The van der Waals surface area contributed by atoms with Crippen molar-refractivity contribution in [1.82, 2.24) is 14.6 Å². The zero-order valence-electron chi connectivity index (χ0n) is 22.1. The highest BCUT2D eigenvalue weighted by Crippen LogP contribution is 2.32. The number of fused-ring (bicyclic) bond motifs is 1. The summed E-state index contributed by atoms with van der Waals surface area (Å²) < 4.78 is 12.8. The summed E-state index contributed by atoms with van der Waals surface area (Å²) in [6.07, 6.45) is 7.08. The second kappa shape index (κ2) is 11.8. The lowest BCUT2D eigenvalue weighted by Gasteiger charge is -2.27. The van der Waals surface area contributed by atoms with Crippen LogP contribution < -0.4 is 15.2 Å². The van der Waals surface area contributed by atoms with Crippen molar-refractivity contribution in [2.45, 2.75) is 38.0 Å². The zero-order chi connectivity index (χ0) is 26.5. The molecule has 1 aromatic heterocycles. The number of carbonyl (C=O) groups excluding carboxylic acids is 1. The van der Waals surface area contributed by atoms with Crippen LogP contribution in [0.15, 0.2) is 52.4 Å². The topological polar surface area (TPSA) is 89.3 Å². The molecule has 2 fully saturated rings. The number of hydrogen-bond donors (Lipinski definition) is 0. The largest absolute Gasteiger partial charge is 0.483 e. The Bertz CT molecular complexity index is 1370. The molecule has 200 valence electrons. The third-order valence-corrected chi connectivity index (χ3v) is 7.29. The van der Waals surface area contributed by atoms with Gasteiger partial charge < -0.3 is 19.3 Å². The van der Waals surface area contributed by atoms with Gasteiger partial charge in [-0.05, 0) is 37.1 Å². The maximum absolute atomic E-state index is 13.5. The first-order chi connectivity index (χ1) is 18.5. The van der Waals surface area contributed by atoms with Crippen LogP contribution in [0.2, 0.25) is 0 Å². The number of anilines is 1. The van der Waals surface area contributed by atoms with E-state index >= 15 is 0 Å². The minimum atomic E-state index is -0.178. The first kappa shape index (κ1) is 25.9. The number of rotatable bonds is 7. The number of nitrogens with zero attached hydrogens (tertiary/aromatic N) is 5. The number of morpholine rings is 1. The Labute approximate surface area is 222 Å². The van der Waals surface area contributed by atoms with Crippen LogP contribution >= 0.6 is 0 Å². The van der Waals surface area contributed by atoms with Crippen molar-refractivity contribution in [3.8, 4) is 5.75 Å². The van der Waals surface area contributed by atoms with E-state index in [2.05, 4.69) is 5.10 Å². The monoisotopic (exact) mass is 517 g/mol. The molecule has 9 heteroatoms. The minimum Gasteiger partial charge on any atom is -0.483 e. The summed E-state index contributed by atoms with van der Waals surface area (Å²) in [6, 6.07) is 13.2. The molecule has 0 spiro atoms. The Kier molecular flexibility index (Phi) is 8.03. The van der Waals surface area contributed by atoms with E-state index in [1.54, 1.807) is 17.2 Å². The first-order valence-electron chi connectivity index (χ1n) is 13.4. The van der Waals surface area contributed by atoms with Crippen LogP contribution in [0.3, 0.4) is 0 Å². The standard InChI is InChI=1S/C29H35N5O4/c1-32(2)23-13-12-22(26(18-23)38-20-27(35)33-14-16-37-17-15-33)19-30-34-28(21-8-4-3-5-9-21)31-25-11-7-6-10-24(25)29(34)36/h6-7,10-13,18-19,21H,3-5,8-9,14-17,20H2,1-2H3. The van der Waals surface area contributed by atoms with Gasteiger partial charge in [0, 0.05) is 50.4 Å². The fourth-order valence-electron chi connectivity index (χ4n) is 5.07. The Morgan fingerprint density at radius 1 is 1.13 bits per heavy atom. The summed E-state index contributed by atoms with van der Waals surface area (Å²) in [7, 11) is 3.89. The average Bonchev–Trinajstić information content (AvgIpc) is 2.96. The normalized spacial score (nSPS) is 16.7. The molecule has 1 saturated carbocycles. The molecule has 1 saturated heterocycles. The molecule has 1 amide bonds. The van der Waals surface area contributed by atoms with Crippen molar-refractivity contribution < 1.29 is 14.3 Å². The SMILES string of the molecule is CN(C)c1ccc(C=Nn2c(C3CCCCC3)nc3ccccc3c2=O)c(OCC(=O)N2CCOCC2)c1. The van der Waals surface area contributed by atoms with E-state index < -0.39 is 0 Å². The number of amides is 1. The lowest BCUT2D eigenvalue weighted by atomic mass is 9.88. The molecular weight excluding hydrogens is 482 g/mol. The van der Waals surface area contributed by atoms with Gasteiger partial charge in [-0.15, -0.1) is 0 Å². The number of benzene rings is 2. The molecule has 2 aromatic carbocycles. The second-order valence-electron chi connectivity index (χ2n) is 10.1. The van der Waals surface area contributed by atoms with E-state index in [4.69, 9.17) is 14.5 Å². The molecule has 2 heterocycles. The van der Waals surface area contributed by atoms with Gasteiger partial charge in [0.05, 0.1) is 30.3 Å². The summed E-state index contributed by atoms with van der Waals surface area (Å²) in [5.74, 6) is 1.35. The van der Waals surface area contributed by atoms with Gasteiger partial charge in [-0.1, -0.05) is 31.4 Å². The third-order valence-electron chi connectivity index (χ3n) is 7.29. The van der Waals surface area contributed by atoms with Gasteiger partial charge in [0.2, 0.25) is 0 Å². The van der Waals surface area contributed by atoms with Crippen LogP contribution in [0.25, 0.3) is 10.9 Å². The van der Waals surface area contributed by atoms with Gasteiger partial charge in [0.1, 0.15) is 11.6 Å². The minimum absolute atomic E-state index is 0.0808. The van der Waals surface area contributed by atoms with Crippen molar-refractivity contribution in [2.24, 2.45) is 5.10 Å². The van der Waals surface area contributed by atoms with Crippen LogP contribution in [-0.4, -0.2) is 73.7 Å². The fourth-order valence-corrected chi connectivity index (χ4v) is 5.07. The van der Waals surface area contributed by atoms with E-state index in [9.17, 15) is 9.59 Å². The molecule has 1 aliphatic heterocycles. The Morgan fingerprint density at radius 3 is 2.66 bits per heavy atom. The van der Waals surface area contributed by atoms with Gasteiger partial charge in [0.15, 0.2) is 6.61 Å². The van der Waals surface area contributed by atoms with E-state index in [1.807, 2.05) is 55.4 Å². The maximum atomic E-state index is 13.5. The molecule has 0 radical (unpaired) electrons. The summed E-state index contributed by atoms with van der Waals surface area (Å²) >= 11 is 0. The van der Waals surface area contributed by atoms with E-state index in [0.717, 1.165) is 31.4 Å². The highest BCUT2D eigenvalue weighted by molar-refractivity contribution is 5.85. The molecule has 2 aliphatic rings. The molecule has 0 N–H and O–H groups in total. The van der Waals surface area contributed by atoms with Crippen molar-refractivity contribution in [3.05, 3.63) is 64.2 Å². The number of ether oxygens (including phenoxy) is 2. The van der Waals surface area contributed by atoms with Gasteiger partial charge >= 0.3 is 0 Å². The van der Waals surface area contributed by atoms with Gasteiger partial charge in [-0.25, -0.2) is 4.98 Å². The summed E-state index contributed by atoms with van der Waals surface area (Å²) in [5.41, 5.74) is 2.14. The van der Waals surface area contributed by atoms with Gasteiger partial charge in [-0.2, -0.15) is 9.78 Å². The van der Waals surface area contributed by atoms with Crippen molar-refractivity contribution >= 4 is 28.7 Å². The van der Waals surface area contributed by atoms with E-state index in [0.29, 0.717) is 54.3 Å². The molecule has 9 nitrogen and oxygen atoms in total. The lowest BCUT2D eigenvalue weighted by molar-refractivity contribution is -0.137. The first-order valence-corrected chi connectivity index (χ1v) is 13.4. The van der Waals surface area contributed by atoms with Crippen molar-refractivity contribution in [3.63, 3.8) is 0 Å². The van der Waals surface area contributed by atoms with Crippen LogP contribution in [0.5, 0.6) is 5.75 Å². The third kappa shape index (κ3) is 5.72. The molecule has 5 rings (SSSR count). The number of hydrogen-bond acceptors (Lipinski definition) is 7. The highest BCUT2D eigenvalue weighted by atomic mass is 16.5. The van der Waals surface area contributed by atoms with E-state index in [-0.39, 0.29) is 24.0 Å². The zero-order valence-corrected chi connectivity index (χ0v) is 22.1. The smallest absolute Gasteiger partial charge is 0.282 e. The molecule has 0 atom stereocenters. The Morgan fingerprint density at radius 2 is 1.89 bits per heavy atom. The van der Waals surface area contributed by atoms with Crippen molar-refractivity contribution in [1.29, 1.82) is 0 Å². The van der Waals surface area contributed by atoms with Gasteiger partial charge in [0.25, 0.3) is 11.5 Å². The molecule has 3 aromatic rings. The van der Waals surface area contributed by atoms with Crippen LogP contribution in [-0.2, 0) is 9.53 Å². The molecular formula is C29H35N5O4. The summed E-state index contributed by atoms with van der Waals surface area (Å²) in [5, 5.41) is 5.21. The summed E-state index contributed by atoms with van der Waals surface area (Å²) in [6.45, 7) is 2.13. The number of carbonyl (C=O) groups is 1. The number of aromatic nitrogens is 2. The fraction of sp³-hybridized carbons (Fsp3) is 0.448. The maximum Gasteiger partial charge on any atom is 0.282 e. The molecule has 1 aliphatic carbocycles. The predicted octanol–water partition coefficient (Wildman–Crippen LogP) is 3.63. The van der Waals surface area contributed by atoms with Crippen LogP contribution in [0.4, 0.5) is 5.69 Å². The van der Waals surface area contributed by atoms with Crippen LogP contribution in [0, 0.1) is 0 Å². The quantitative estimate of drug-likeness (QED) is 0.445. The number of para-hydroxylation sites is 1. The Balaban J connectivity index is 1.48. The molecule has 0 unspecified atom stereocenters. The van der Waals surface area contributed by atoms with E-state index in [1.165, 1.54) is 11.1 Å².